The second kappa shape index (κ2) is 6.49. The topological polar surface area (TPSA) is 49.6 Å². The number of carbonyl (C=O) groups is 1. The van der Waals surface area contributed by atoms with E-state index in [1.165, 1.54) is 0 Å². The van der Waals surface area contributed by atoms with Gasteiger partial charge in [0.2, 0.25) is 0 Å². The molecule has 0 aliphatic carbocycles. The Morgan fingerprint density at radius 1 is 1.29 bits per heavy atom. The van der Waals surface area contributed by atoms with E-state index in [9.17, 15) is 4.79 Å². The third-order valence-corrected chi connectivity index (χ3v) is 4.70. The van der Waals surface area contributed by atoms with Crippen molar-refractivity contribution in [2.24, 2.45) is 0 Å². The molecule has 1 aromatic carbocycles. The maximum atomic E-state index is 12.4. The van der Waals surface area contributed by atoms with Crippen LogP contribution in [0.3, 0.4) is 0 Å². The molecule has 0 saturated heterocycles. The number of thiophene rings is 1. The van der Waals surface area contributed by atoms with E-state index in [4.69, 9.17) is 5.73 Å². The van der Waals surface area contributed by atoms with E-state index in [-0.39, 0.29) is 5.91 Å². The van der Waals surface area contributed by atoms with Crippen LogP contribution in [0.15, 0.2) is 33.4 Å². The van der Waals surface area contributed by atoms with Crippen molar-refractivity contribution in [2.75, 3.05) is 31.8 Å². The van der Waals surface area contributed by atoms with Crippen LogP contribution in [0.4, 0.5) is 11.4 Å². The normalized spacial score (nSPS) is 10.5. The fraction of sp³-hybridized carbons (Fsp3) is 0.267. The average molecular weight is 368 g/mol. The van der Waals surface area contributed by atoms with Crippen molar-refractivity contribution in [3.63, 3.8) is 0 Å². The molecule has 4 nitrogen and oxygen atoms in total. The summed E-state index contributed by atoms with van der Waals surface area (Å²) in [6.45, 7) is 0.580. The van der Waals surface area contributed by atoms with E-state index < -0.39 is 0 Å². The van der Waals surface area contributed by atoms with E-state index in [1.54, 1.807) is 29.4 Å². The molecule has 0 saturated carbocycles. The average Bonchev–Trinajstić information content (AvgIpc) is 2.82. The third kappa shape index (κ3) is 3.77. The van der Waals surface area contributed by atoms with E-state index in [1.807, 2.05) is 42.6 Å². The van der Waals surface area contributed by atoms with Crippen molar-refractivity contribution in [3.05, 3.63) is 44.6 Å². The first kappa shape index (κ1) is 15.9. The molecule has 6 heteroatoms. The molecule has 112 valence electrons. The van der Waals surface area contributed by atoms with Crippen LogP contribution in [0, 0.1) is 0 Å². The highest BCUT2D eigenvalue weighted by Gasteiger charge is 2.14. The number of nitrogens with zero attached hydrogens (tertiary/aromatic N) is 2. The van der Waals surface area contributed by atoms with Gasteiger partial charge in [-0.2, -0.15) is 0 Å². The van der Waals surface area contributed by atoms with Gasteiger partial charge in [0, 0.05) is 33.3 Å². The highest BCUT2D eigenvalue weighted by atomic mass is 79.9. The molecule has 1 amide bonds. The van der Waals surface area contributed by atoms with Crippen LogP contribution in [0.2, 0.25) is 0 Å². The molecular weight excluding hydrogens is 350 g/mol. The quantitative estimate of drug-likeness (QED) is 0.842. The van der Waals surface area contributed by atoms with E-state index >= 15 is 0 Å². The highest BCUT2D eigenvalue weighted by molar-refractivity contribution is 9.11. The molecule has 21 heavy (non-hydrogen) atoms. The first-order valence-electron chi connectivity index (χ1n) is 6.43. The van der Waals surface area contributed by atoms with Crippen molar-refractivity contribution in [1.29, 1.82) is 0 Å². The Balaban J connectivity index is 2.14. The zero-order valence-corrected chi connectivity index (χ0v) is 14.7. The number of carbonyl (C=O) groups excluding carboxylic acids is 1. The monoisotopic (exact) mass is 367 g/mol. The summed E-state index contributed by atoms with van der Waals surface area (Å²) >= 11 is 5.04. The lowest BCUT2D eigenvalue weighted by Crippen LogP contribution is -2.26. The van der Waals surface area contributed by atoms with Gasteiger partial charge < -0.3 is 15.5 Å². The van der Waals surface area contributed by atoms with Crippen molar-refractivity contribution in [1.82, 2.24) is 4.90 Å². The lowest BCUT2D eigenvalue weighted by atomic mass is 10.1. The molecule has 0 unspecified atom stereocenters. The molecule has 0 atom stereocenters. The first-order chi connectivity index (χ1) is 9.88. The van der Waals surface area contributed by atoms with Crippen LogP contribution < -0.4 is 10.6 Å². The summed E-state index contributed by atoms with van der Waals surface area (Å²) in [6, 6.07) is 7.45. The molecular formula is C15H18BrN3OS. The lowest BCUT2D eigenvalue weighted by Gasteiger charge is -2.19. The maximum absolute atomic E-state index is 12.4. The molecule has 2 aromatic rings. The van der Waals surface area contributed by atoms with Gasteiger partial charge in [0.25, 0.3) is 5.91 Å². The number of nitrogens with two attached hydrogens (primary N) is 1. The van der Waals surface area contributed by atoms with Gasteiger partial charge in [-0.05, 0) is 51.1 Å². The van der Waals surface area contributed by atoms with E-state index in [2.05, 4.69) is 15.9 Å². The van der Waals surface area contributed by atoms with Crippen molar-refractivity contribution in [2.45, 2.75) is 6.54 Å². The summed E-state index contributed by atoms with van der Waals surface area (Å²) in [4.78, 5) is 16.1. The second-order valence-electron chi connectivity index (χ2n) is 5.09. The van der Waals surface area contributed by atoms with E-state index in [0.29, 0.717) is 17.8 Å². The predicted molar refractivity (Wildman–Crippen MR) is 93.0 cm³/mol. The lowest BCUT2D eigenvalue weighted by molar-refractivity contribution is 0.0785. The van der Waals surface area contributed by atoms with Gasteiger partial charge in [0.15, 0.2) is 0 Å². The minimum atomic E-state index is -0.0330. The highest BCUT2D eigenvalue weighted by Crippen LogP contribution is 2.24. The second-order valence-corrected chi connectivity index (χ2v) is 7.38. The Kier molecular flexibility index (Phi) is 4.90. The number of rotatable bonds is 4. The standard InChI is InChI=1S/C15H18BrN3OS/c1-18(2)13-5-4-11(7-12(13)17)15(20)19(3)8-10-6-14(16)21-9-10/h4-7,9H,8,17H2,1-3H3. The third-order valence-electron chi connectivity index (χ3n) is 3.14. The molecule has 2 N–H and O–H groups in total. The first-order valence-corrected chi connectivity index (χ1v) is 8.11. The minimum absolute atomic E-state index is 0.0330. The van der Waals surface area contributed by atoms with E-state index in [0.717, 1.165) is 15.0 Å². The Bertz CT molecular complexity index is 654. The summed E-state index contributed by atoms with van der Waals surface area (Å²) in [5.41, 5.74) is 9.24. The molecule has 1 heterocycles. The zero-order valence-electron chi connectivity index (χ0n) is 12.3. The van der Waals surface area contributed by atoms with Gasteiger partial charge in [0.05, 0.1) is 15.2 Å². The number of anilines is 2. The number of nitrogen functional groups attached to an aromatic ring is 1. The number of hydrogen-bond donors (Lipinski definition) is 1. The van der Waals surface area contributed by atoms with Crippen LogP contribution in [-0.2, 0) is 6.54 Å². The van der Waals surface area contributed by atoms with Crippen molar-refractivity contribution < 1.29 is 4.79 Å². The molecule has 2 rings (SSSR count). The number of hydrogen-bond acceptors (Lipinski definition) is 4. The molecule has 0 radical (unpaired) electrons. The van der Waals surface area contributed by atoms with Gasteiger partial charge in [-0.15, -0.1) is 11.3 Å². The predicted octanol–water partition coefficient (Wildman–Crippen LogP) is 3.43. The van der Waals surface area contributed by atoms with Gasteiger partial charge in [-0.25, -0.2) is 0 Å². The molecule has 0 aliphatic rings. The Morgan fingerprint density at radius 3 is 2.52 bits per heavy atom. The van der Waals surface area contributed by atoms with Crippen molar-refractivity contribution >= 4 is 44.5 Å². The molecule has 0 fully saturated rings. The number of benzene rings is 1. The fourth-order valence-corrected chi connectivity index (χ4v) is 3.29. The Hall–Kier alpha value is -1.53. The number of halogens is 1. The molecule has 1 aromatic heterocycles. The SMILES string of the molecule is CN(Cc1csc(Br)c1)C(=O)c1ccc(N(C)C)c(N)c1. The van der Waals surface area contributed by atoms with Crippen LogP contribution in [0.5, 0.6) is 0 Å². The van der Waals surface area contributed by atoms with Crippen LogP contribution in [-0.4, -0.2) is 32.0 Å². The number of amides is 1. The zero-order chi connectivity index (χ0) is 15.6. The van der Waals surface area contributed by atoms with Gasteiger partial charge in [-0.1, -0.05) is 0 Å². The van der Waals surface area contributed by atoms with Crippen molar-refractivity contribution in [3.8, 4) is 0 Å². The molecule has 0 spiro atoms. The maximum Gasteiger partial charge on any atom is 0.253 e. The van der Waals surface area contributed by atoms with Gasteiger partial charge >= 0.3 is 0 Å². The summed E-state index contributed by atoms with van der Waals surface area (Å²) in [7, 11) is 5.64. The fourth-order valence-electron chi connectivity index (χ4n) is 2.09. The summed E-state index contributed by atoms with van der Waals surface area (Å²) in [5.74, 6) is -0.0330. The van der Waals surface area contributed by atoms with Crippen LogP contribution >= 0.6 is 27.3 Å². The summed E-state index contributed by atoms with van der Waals surface area (Å²) < 4.78 is 1.07. The molecule has 0 aliphatic heterocycles. The van der Waals surface area contributed by atoms with Crippen LogP contribution in [0.1, 0.15) is 15.9 Å². The Morgan fingerprint density at radius 2 is 2.00 bits per heavy atom. The smallest absolute Gasteiger partial charge is 0.253 e. The minimum Gasteiger partial charge on any atom is -0.397 e. The Labute approximate surface area is 137 Å². The summed E-state index contributed by atoms with van der Waals surface area (Å²) in [6.07, 6.45) is 0. The van der Waals surface area contributed by atoms with Gasteiger partial charge in [0.1, 0.15) is 0 Å². The largest absolute Gasteiger partial charge is 0.397 e. The van der Waals surface area contributed by atoms with Crippen LogP contribution in [0.25, 0.3) is 0 Å². The summed E-state index contributed by atoms with van der Waals surface area (Å²) in [5, 5.41) is 2.04. The van der Waals surface area contributed by atoms with Gasteiger partial charge in [-0.3, -0.25) is 4.79 Å². The molecule has 0 bridgehead atoms.